The number of rotatable bonds is 2. The molecule has 1 fully saturated rings. The first-order chi connectivity index (χ1) is 9.06. The van der Waals surface area contributed by atoms with Gasteiger partial charge in [0.1, 0.15) is 5.15 Å². The number of hydrogen-bond acceptors (Lipinski definition) is 2. The summed E-state index contributed by atoms with van der Waals surface area (Å²) in [4.78, 5) is 9.05. The molecule has 0 N–H and O–H groups in total. The molecule has 0 saturated heterocycles. The number of benzene rings is 1. The summed E-state index contributed by atoms with van der Waals surface area (Å²) in [5, 5.41) is 1.26. The largest absolute Gasteiger partial charge is 0.232 e. The van der Waals surface area contributed by atoms with Gasteiger partial charge in [-0.25, -0.2) is 9.97 Å². The second-order valence-corrected chi connectivity index (χ2v) is 6.62. The molecule has 1 aliphatic rings. The average molecular weight is 405 g/mol. The molecule has 0 atom stereocenters. The molecule has 0 unspecified atom stereocenters. The van der Waals surface area contributed by atoms with Crippen molar-refractivity contribution in [1.29, 1.82) is 0 Å². The van der Waals surface area contributed by atoms with E-state index in [-0.39, 0.29) is 0 Å². The Morgan fingerprint density at radius 1 is 1.21 bits per heavy atom. The normalized spacial score (nSPS) is 14.7. The molecule has 1 aromatic heterocycles. The van der Waals surface area contributed by atoms with E-state index in [1.165, 1.54) is 12.8 Å². The second kappa shape index (κ2) is 5.19. The van der Waals surface area contributed by atoms with E-state index in [2.05, 4.69) is 32.6 Å². The number of nitrogens with zero attached hydrogens (tertiary/aromatic N) is 2. The molecule has 5 heteroatoms. The minimum atomic E-state index is 0.532. The maximum absolute atomic E-state index is 6.22. The van der Waals surface area contributed by atoms with Gasteiger partial charge in [0.25, 0.3) is 0 Å². The van der Waals surface area contributed by atoms with E-state index in [9.17, 15) is 0 Å². The Morgan fingerprint density at radius 2 is 1.95 bits per heavy atom. The van der Waals surface area contributed by atoms with Crippen LogP contribution < -0.4 is 0 Å². The summed E-state index contributed by atoms with van der Waals surface area (Å²) in [5.41, 5.74) is 3.03. The molecule has 1 heterocycles. The molecule has 1 aliphatic carbocycles. The van der Waals surface area contributed by atoms with E-state index in [0.717, 1.165) is 25.4 Å². The monoisotopic (exact) mass is 404 g/mol. The van der Waals surface area contributed by atoms with Crippen molar-refractivity contribution < 1.29 is 0 Å². The minimum absolute atomic E-state index is 0.532. The molecule has 0 spiro atoms. The van der Waals surface area contributed by atoms with Crippen molar-refractivity contribution in [2.45, 2.75) is 25.7 Å². The third-order valence-corrected chi connectivity index (χ3v) is 5.29. The third kappa shape index (κ3) is 2.73. The van der Waals surface area contributed by atoms with Crippen LogP contribution >= 0.6 is 45.8 Å². The predicted molar refractivity (Wildman–Crippen MR) is 86.9 cm³/mol. The van der Waals surface area contributed by atoms with Gasteiger partial charge in [-0.1, -0.05) is 35.3 Å². The maximum atomic E-state index is 6.22. The lowest BCUT2D eigenvalue weighted by Gasteiger charge is -2.08. The number of halogens is 3. The first kappa shape index (κ1) is 13.6. The van der Waals surface area contributed by atoms with Crippen LogP contribution in [-0.4, -0.2) is 9.97 Å². The van der Waals surface area contributed by atoms with E-state index < -0.39 is 0 Å². The lowest BCUT2D eigenvalue weighted by atomic mass is 10.1. The van der Waals surface area contributed by atoms with Crippen LogP contribution in [0.2, 0.25) is 10.2 Å². The van der Waals surface area contributed by atoms with Gasteiger partial charge in [-0.05, 0) is 54.0 Å². The van der Waals surface area contributed by atoms with Crippen molar-refractivity contribution >= 4 is 45.8 Å². The highest BCUT2D eigenvalue weighted by Gasteiger charge is 2.29. The molecule has 1 saturated carbocycles. The molecule has 2 aromatic rings. The van der Waals surface area contributed by atoms with E-state index in [1.54, 1.807) is 0 Å². The molecular weight excluding hydrogens is 394 g/mol. The second-order valence-electron chi connectivity index (χ2n) is 4.78. The van der Waals surface area contributed by atoms with Crippen LogP contribution in [0.5, 0.6) is 0 Å². The lowest BCUT2D eigenvalue weighted by molar-refractivity contribution is 0.978. The average Bonchev–Trinajstić information content (AvgIpc) is 3.20. The van der Waals surface area contributed by atoms with Crippen molar-refractivity contribution in [2.24, 2.45) is 0 Å². The van der Waals surface area contributed by atoms with Gasteiger partial charge in [0.15, 0.2) is 5.82 Å². The highest BCUT2D eigenvalue weighted by molar-refractivity contribution is 14.1. The molecule has 98 valence electrons. The molecule has 0 amide bonds. The Kier molecular flexibility index (Phi) is 3.71. The molecule has 0 aliphatic heterocycles. The Labute approximate surface area is 135 Å². The molecule has 19 heavy (non-hydrogen) atoms. The van der Waals surface area contributed by atoms with Crippen LogP contribution in [0.4, 0.5) is 0 Å². The first-order valence-electron chi connectivity index (χ1n) is 6.05. The number of aryl methyl sites for hydroxylation is 1. The highest BCUT2D eigenvalue weighted by atomic mass is 127. The zero-order valence-electron chi connectivity index (χ0n) is 10.3. The van der Waals surface area contributed by atoms with E-state index in [1.807, 2.05) is 25.1 Å². The summed E-state index contributed by atoms with van der Waals surface area (Å²) in [6.07, 6.45) is 2.38. The zero-order valence-corrected chi connectivity index (χ0v) is 13.9. The van der Waals surface area contributed by atoms with Crippen LogP contribution in [0.15, 0.2) is 18.2 Å². The highest BCUT2D eigenvalue weighted by Crippen LogP contribution is 2.42. The van der Waals surface area contributed by atoms with Crippen LogP contribution in [-0.2, 0) is 0 Å². The summed E-state index contributed by atoms with van der Waals surface area (Å²) in [5.74, 6) is 1.21. The summed E-state index contributed by atoms with van der Waals surface area (Å²) in [6.45, 7) is 1.98. The zero-order chi connectivity index (χ0) is 13.6. The summed E-state index contributed by atoms with van der Waals surface area (Å²) < 4.78 is 0.976. The first-order valence-corrected chi connectivity index (χ1v) is 7.89. The Hall–Kier alpha value is -0.390. The molecule has 2 nitrogen and oxygen atoms in total. The van der Waals surface area contributed by atoms with Crippen molar-refractivity contribution in [3.05, 3.63) is 43.2 Å². The third-order valence-electron chi connectivity index (χ3n) is 3.23. The van der Waals surface area contributed by atoms with Gasteiger partial charge in [-0.3, -0.25) is 0 Å². The minimum Gasteiger partial charge on any atom is -0.232 e. The van der Waals surface area contributed by atoms with E-state index in [4.69, 9.17) is 23.2 Å². The summed E-state index contributed by atoms with van der Waals surface area (Å²) in [7, 11) is 0. The Morgan fingerprint density at radius 3 is 2.58 bits per heavy atom. The quantitative estimate of drug-likeness (QED) is 0.505. The van der Waals surface area contributed by atoms with Crippen molar-refractivity contribution in [3.8, 4) is 11.4 Å². The van der Waals surface area contributed by atoms with Gasteiger partial charge in [0, 0.05) is 16.5 Å². The summed E-state index contributed by atoms with van der Waals surface area (Å²) in [6, 6.07) is 5.85. The van der Waals surface area contributed by atoms with Gasteiger partial charge >= 0.3 is 0 Å². The fourth-order valence-electron chi connectivity index (χ4n) is 1.92. The van der Waals surface area contributed by atoms with Crippen molar-refractivity contribution in [2.75, 3.05) is 0 Å². The van der Waals surface area contributed by atoms with Crippen molar-refractivity contribution in [3.63, 3.8) is 0 Å². The SMILES string of the molecule is Cc1ccc(-c2nc(Cl)c(I)c(C3CC3)n2)cc1Cl. The van der Waals surface area contributed by atoms with Crippen LogP contribution in [0.3, 0.4) is 0 Å². The number of hydrogen-bond donors (Lipinski definition) is 0. The van der Waals surface area contributed by atoms with Gasteiger partial charge in [-0.15, -0.1) is 0 Å². The topological polar surface area (TPSA) is 25.8 Å². The van der Waals surface area contributed by atoms with Gasteiger partial charge in [0.2, 0.25) is 0 Å². The number of aromatic nitrogens is 2. The molecule has 0 bridgehead atoms. The standard InChI is InChI=1S/C14H11Cl2IN2/c1-7-2-3-9(6-10(7)15)14-18-12(8-4-5-8)11(17)13(16)19-14/h2-3,6,8H,4-5H2,1H3. The van der Waals surface area contributed by atoms with Crippen molar-refractivity contribution in [1.82, 2.24) is 9.97 Å². The van der Waals surface area contributed by atoms with Crippen LogP contribution in [0, 0.1) is 10.5 Å². The summed E-state index contributed by atoms with van der Waals surface area (Å²) >= 11 is 14.6. The fourth-order valence-corrected chi connectivity index (χ4v) is 2.96. The van der Waals surface area contributed by atoms with Gasteiger partial charge < -0.3 is 0 Å². The van der Waals surface area contributed by atoms with Crippen LogP contribution in [0.1, 0.15) is 30.0 Å². The maximum Gasteiger partial charge on any atom is 0.161 e. The molecular formula is C14H11Cl2IN2. The fraction of sp³-hybridized carbons (Fsp3) is 0.286. The van der Waals surface area contributed by atoms with E-state index in [0.29, 0.717) is 16.9 Å². The molecule has 1 aromatic carbocycles. The Balaban J connectivity index is 2.11. The van der Waals surface area contributed by atoms with E-state index >= 15 is 0 Å². The smallest absolute Gasteiger partial charge is 0.161 e. The van der Waals surface area contributed by atoms with Crippen LogP contribution in [0.25, 0.3) is 11.4 Å². The molecule has 3 rings (SSSR count). The van der Waals surface area contributed by atoms with Gasteiger partial charge in [0.05, 0.1) is 9.26 Å². The lowest BCUT2D eigenvalue weighted by Crippen LogP contribution is -1.99. The Bertz CT molecular complexity index is 654. The predicted octanol–water partition coefficient (Wildman–Crippen LogP) is 5.24. The molecule has 0 radical (unpaired) electrons. The van der Waals surface area contributed by atoms with Gasteiger partial charge in [-0.2, -0.15) is 0 Å².